The molecule has 3 rings (SSSR count). The maximum absolute atomic E-state index is 11.6. The van der Waals surface area contributed by atoms with Crippen LogP contribution in [0.3, 0.4) is 0 Å². The topological polar surface area (TPSA) is 260 Å². The van der Waals surface area contributed by atoms with Gasteiger partial charge in [0.05, 0.1) is 23.8 Å². The van der Waals surface area contributed by atoms with Gasteiger partial charge in [0.1, 0.15) is 5.84 Å². The number of carboxylic acids is 1. The largest absolute Gasteiger partial charge is 0.478 e. The zero-order valence-electron chi connectivity index (χ0n) is 19.1. The Morgan fingerprint density at radius 1 is 0.833 bits per heavy atom. The van der Waals surface area contributed by atoms with Gasteiger partial charge in [-0.3, -0.25) is 14.5 Å². The van der Waals surface area contributed by atoms with E-state index in [4.69, 9.17) is 31.7 Å². The first-order chi connectivity index (χ1) is 16.3. The highest BCUT2D eigenvalue weighted by Gasteiger charge is 2.13. The predicted molar refractivity (Wildman–Crippen MR) is 138 cm³/mol. The minimum absolute atomic E-state index is 0.00549. The Morgan fingerprint density at radius 3 is 1.81 bits per heavy atom. The molecule has 0 unspecified atom stereocenters. The zero-order chi connectivity index (χ0) is 27.8. The van der Waals surface area contributed by atoms with Crippen molar-refractivity contribution in [3.05, 3.63) is 65.7 Å². The van der Waals surface area contributed by atoms with Crippen molar-refractivity contribution in [2.24, 2.45) is 22.2 Å². The lowest BCUT2D eigenvalue weighted by atomic mass is 9.96. The molecule has 3 aromatic carbocycles. The van der Waals surface area contributed by atoms with Crippen LogP contribution in [0.25, 0.3) is 21.9 Å². The molecule has 0 aliphatic rings. The van der Waals surface area contributed by atoms with Crippen molar-refractivity contribution in [2.45, 2.75) is 0 Å². The average Bonchev–Trinajstić information content (AvgIpc) is 2.69. The monoisotopic (exact) mass is 539 g/mol. The van der Waals surface area contributed by atoms with Crippen molar-refractivity contribution in [2.75, 3.05) is 12.5 Å². The third kappa shape index (κ3) is 11.4. The molecule has 0 radical (unpaired) electrons. The fraction of sp³-hybridized carbons (Fsp3) is 0.0952. The molecule has 0 heterocycles. The molecule has 0 bridgehead atoms. The molecule has 0 aromatic heterocycles. The Morgan fingerprint density at radius 2 is 1.33 bits per heavy atom. The van der Waals surface area contributed by atoms with Crippen LogP contribution in [0.15, 0.2) is 59.6 Å². The fourth-order valence-electron chi connectivity index (χ4n) is 2.76. The number of carbonyl (C=O) groups is 1. The summed E-state index contributed by atoms with van der Waals surface area (Å²) in [6, 6.07) is 15.6. The highest BCUT2D eigenvalue weighted by Crippen LogP contribution is 2.31. The van der Waals surface area contributed by atoms with Crippen molar-refractivity contribution in [3.63, 3.8) is 0 Å². The van der Waals surface area contributed by atoms with Crippen molar-refractivity contribution in [1.82, 2.24) is 0 Å². The highest BCUT2D eigenvalue weighted by molar-refractivity contribution is 7.85. The van der Waals surface area contributed by atoms with Crippen molar-refractivity contribution in [3.8, 4) is 11.1 Å². The Hall–Kier alpha value is -4.05. The van der Waals surface area contributed by atoms with E-state index in [-0.39, 0.29) is 17.4 Å². The number of nitrogen functional groups attached to an aromatic ring is 1. The average molecular weight is 540 g/mol. The second-order valence-corrected chi connectivity index (χ2v) is 10.2. The smallest absolute Gasteiger partial charge is 0.336 e. The van der Waals surface area contributed by atoms with Crippen LogP contribution in [0.5, 0.6) is 0 Å². The minimum Gasteiger partial charge on any atom is -0.478 e. The van der Waals surface area contributed by atoms with Crippen LogP contribution in [-0.2, 0) is 20.2 Å². The lowest BCUT2D eigenvalue weighted by molar-refractivity contribution is 0.0697. The normalized spacial score (nSPS) is 10.8. The number of guanidine groups is 1. The molecule has 15 heteroatoms. The van der Waals surface area contributed by atoms with Gasteiger partial charge in [0.2, 0.25) is 0 Å². The van der Waals surface area contributed by atoms with Crippen LogP contribution in [0.4, 0.5) is 5.69 Å². The summed E-state index contributed by atoms with van der Waals surface area (Å²) >= 11 is 0. The van der Waals surface area contributed by atoms with Crippen LogP contribution >= 0.6 is 0 Å². The molecule has 10 N–H and O–H groups in total. The Bertz CT molecular complexity index is 1490. The first kappa shape index (κ1) is 30.0. The van der Waals surface area contributed by atoms with E-state index in [0.29, 0.717) is 29.3 Å². The number of hydrogen-bond acceptors (Lipinski definition) is 7. The summed E-state index contributed by atoms with van der Waals surface area (Å²) in [6.45, 7) is 0. The summed E-state index contributed by atoms with van der Waals surface area (Å²) in [6.07, 6.45) is 1.43. The first-order valence-electron chi connectivity index (χ1n) is 9.55. The lowest BCUT2D eigenvalue weighted by Crippen LogP contribution is -2.21. The van der Waals surface area contributed by atoms with E-state index in [9.17, 15) is 26.7 Å². The van der Waals surface area contributed by atoms with Crippen molar-refractivity contribution in [1.29, 1.82) is 5.41 Å². The van der Waals surface area contributed by atoms with Gasteiger partial charge in [-0.1, -0.05) is 24.3 Å². The van der Waals surface area contributed by atoms with E-state index in [0.717, 1.165) is 16.3 Å². The minimum atomic E-state index is -3.67. The summed E-state index contributed by atoms with van der Waals surface area (Å²) in [7, 11) is -7.33. The summed E-state index contributed by atoms with van der Waals surface area (Å²) in [5, 5.41) is 18.8. The van der Waals surface area contributed by atoms with Gasteiger partial charge in [-0.25, -0.2) is 9.79 Å². The van der Waals surface area contributed by atoms with Gasteiger partial charge in [0.15, 0.2) is 5.96 Å². The van der Waals surface area contributed by atoms with Crippen LogP contribution < -0.4 is 17.2 Å². The van der Waals surface area contributed by atoms with Crippen molar-refractivity contribution < 1.29 is 35.8 Å². The van der Waals surface area contributed by atoms with E-state index in [1.807, 2.05) is 30.3 Å². The first-order valence-corrected chi connectivity index (χ1v) is 13.3. The Labute approximate surface area is 207 Å². The third-order valence-corrected chi connectivity index (χ3v) is 3.95. The number of aliphatic imine (C=N–C) groups is 1. The molecular formula is C21H25N5O8S2. The van der Waals surface area contributed by atoms with Gasteiger partial charge < -0.3 is 22.3 Å². The number of benzene rings is 3. The van der Waals surface area contributed by atoms with Gasteiger partial charge in [0.25, 0.3) is 20.2 Å². The van der Waals surface area contributed by atoms with Crippen LogP contribution in [0, 0.1) is 5.41 Å². The van der Waals surface area contributed by atoms with E-state index in [1.54, 1.807) is 18.2 Å². The predicted octanol–water partition coefficient (Wildman–Crippen LogP) is 1.40. The number of nitrogens with zero attached hydrogens (tertiary/aromatic N) is 1. The number of nitrogens with one attached hydrogen (secondary N) is 1. The molecule has 0 spiro atoms. The van der Waals surface area contributed by atoms with E-state index in [1.165, 1.54) is 6.07 Å². The number of aromatic carboxylic acids is 1. The second-order valence-electron chi connectivity index (χ2n) is 7.23. The summed E-state index contributed by atoms with van der Waals surface area (Å²) in [5.41, 5.74) is 18.8. The molecule has 13 nitrogen and oxygen atoms in total. The van der Waals surface area contributed by atoms with E-state index < -0.39 is 26.2 Å². The molecule has 0 saturated heterocycles. The maximum atomic E-state index is 11.6. The molecule has 0 aliphatic carbocycles. The van der Waals surface area contributed by atoms with Gasteiger partial charge in [-0.15, -0.1) is 0 Å². The summed E-state index contributed by atoms with van der Waals surface area (Å²) in [5.74, 6) is -1.15. The number of amidine groups is 1. The highest BCUT2D eigenvalue weighted by atomic mass is 32.2. The molecule has 0 fully saturated rings. The summed E-state index contributed by atoms with van der Waals surface area (Å²) < 4.78 is 51.7. The number of fused-ring (bicyclic) bond motifs is 1. The molecule has 0 amide bonds. The molecule has 3 aromatic rings. The number of carboxylic acid groups (broad SMARTS) is 1. The Kier molecular flexibility index (Phi) is 10.1. The number of nitrogens with two attached hydrogens (primary N) is 3. The molecule has 0 atom stereocenters. The maximum Gasteiger partial charge on any atom is 0.336 e. The van der Waals surface area contributed by atoms with Crippen LogP contribution in [0.1, 0.15) is 15.9 Å². The van der Waals surface area contributed by atoms with Crippen molar-refractivity contribution >= 4 is 54.5 Å². The lowest BCUT2D eigenvalue weighted by Gasteiger charge is -2.10. The molecule has 36 heavy (non-hydrogen) atoms. The molecule has 0 saturated carbocycles. The van der Waals surface area contributed by atoms with Crippen LogP contribution in [0.2, 0.25) is 0 Å². The number of rotatable bonds is 4. The second kappa shape index (κ2) is 12.1. The van der Waals surface area contributed by atoms with Gasteiger partial charge in [0, 0.05) is 5.56 Å². The standard InChI is InChI=1S/C19H17N5O2.2CH4O3S/c20-17(21)13-4-2-10-7-12(3-1-11(10)8-13)16-9-14(24-19(22)23)5-6-15(16)18(25)26;2*1-5(2,3)4/h1-9H,(H3,20,21)(H,25,26)(H4,22,23,24);2*1H3,(H,2,3,4). The zero-order valence-corrected chi connectivity index (χ0v) is 20.7. The molecule has 0 aliphatic heterocycles. The quantitative estimate of drug-likeness (QED) is 0.141. The van der Waals surface area contributed by atoms with E-state index in [2.05, 4.69) is 4.99 Å². The Balaban J connectivity index is 0.000000550. The van der Waals surface area contributed by atoms with E-state index >= 15 is 0 Å². The summed E-state index contributed by atoms with van der Waals surface area (Å²) in [4.78, 5) is 15.6. The fourth-order valence-corrected chi connectivity index (χ4v) is 2.76. The third-order valence-electron chi connectivity index (χ3n) is 3.95. The van der Waals surface area contributed by atoms with Crippen LogP contribution in [-0.4, -0.2) is 61.3 Å². The number of hydrogen-bond donors (Lipinski definition) is 7. The van der Waals surface area contributed by atoms with Gasteiger partial charge in [-0.05, 0) is 52.2 Å². The SMILES string of the molecule is CS(=O)(=O)O.CS(=O)(=O)O.N=C(N)c1ccc2cc(-c3cc(N=C(N)N)ccc3C(=O)O)ccc2c1. The van der Waals surface area contributed by atoms with Gasteiger partial charge in [-0.2, -0.15) is 16.8 Å². The molecular weight excluding hydrogens is 514 g/mol. The molecule has 194 valence electrons. The van der Waals surface area contributed by atoms with Gasteiger partial charge >= 0.3 is 5.97 Å².